The summed E-state index contributed by atoms with van der Waals surface area (Å²) in [5.74, 6) is -1.76. The molecule has 1 aromatic rings. The Bertz CT molecular complexity index is 594. The third-order valence-corrected chi connectivity index (χ3v) is 3.55. The first-order chi connectivity index (χ1) is 9.29. The molecule has 20 heavy (non-hydrogen) atoms. The molecule has 2 rings (SSSR count). The Hall–Kier alpha value is -1.81. The number of carboxylic acid groups (broad SMARTS) is 1. The van der Waals surface area contributed by atoms with Gasteiger partial charge in [0.25, 0.3) is 0 Å². The van der Waals surface area contributed by atoms with Gasteiger partial charge in [-0.05, 0) is 30.2 Å². The summed E-state index contributed by atoms with van der Waals surface area (Å²) in [7, 11) is 0. The maximum absolute atomic E-state index is 11.8. The van der Waals surface area contributed by atoms with Crippen LogP contribution < -0.4 is 0 Å². The van der Waals surface area contributed by atoms with E-state index in [9.17, 15) is 9.59 Å². The fraction of sp³-hybridized carbons (Fsp3) is 0.333. The van der Waals surface area contributed by atoms with E-state index in [0.717, 1.165) is 11.1 Å². The molecule has 1 N–H and O–H groups in total. The second-order valence-corrected chi connectivity index (χ2v) is 5.71. The zero-order valence-corrected chi connectivity index (χ0v) is 11.9. The number of carbonyl (C=O) groups is 2. The molecule has 1 aliphatic rings. The summed E-state index contributed by atoms with van der Waals surface area (Å²) in [6, 6.07) is 5.60. The molecule has 0 radical (unpaired) electrons. The third kappa shape index (κ3) is 3.20. The number of carboxylic acids is 1. The predicted octanol–water partition coefficient (Wildman–Crippen LogP) is 2.77. The molecule has 5 heteroatoms. The lowest BCUT2D eigenvalue weighted by atomic mass is 10.0. The summed E-state index contributed by atoms with van der Waals surface area (Å²) in [5.41, 5.74) is 1.34. The molecule has 0 aliphatic heterocycles. The zero-order valence-electron chi connectivity index (χ0n) is 11.1. The van der Waals surface area contributed by atoms with Gasteiger partial charge >= 0.3 is 11.9 Å². The summed E-state index contributed by atoms with van der Waals surface area (Å²) in [4.78, 5) is 22.4. The highest BCUT2D eigenvalue weighted by Crippen LogP contribution is 2.34. The number of benzene rings is 1. The highest BCUT2D eigenvalue weighted by molar-refractivity contribution is 6.30. The molecule has 0 heterocycles. The molecule has 106 valence electrons. The lowest BCUT2D eigenvalue weighted by molar-refractivity contribution is -0.157. The van der Waals surface area contributed by atoms with Crippen LogP contribution in [0.2, 0.25) is 5.02 Å². The summed E-state index contributed by atoms with van der Waals surface area (Å²) in [6.45, 7) is 5.16. The van der Waals surface area contributed by atoms with Crippen LogP contribution in [0.25, 0.3) is 0 Å². The molecular weight excluding hydrogens is 280 g/mol. The average Bonchev–Trinajstić information content (AvgIpc) is 2.63. The summed E-state index contributed by atoms with van der Waals surface area (Å²) in [6.07, 6.45) is 0.876. The molecule has 4 nitrogen and oxygen atoms in total. The molecule has 0 spiro atoms. The van der Waals surface area contributed by atoms with Gasteiger partial charge in [-0.15, -0.1) is 0 Å². The second-order valence-electron chi connectivity index (χ2n) is 5.28. The number of esters is 1. The number of hydrogen-bond acceptors (Lipinski definition) is 3. The van der Waals surface area contributed by atoms with E-state index >= 15 is 0 Å². The van der Waals surface area contributed by atoms with Crippen molar-refractivity contribution in [3.05, 3.63) is 46.5 Å². The normalized spacial score (nSPS) is 20.3. The van der Waals surface area contributed by atoms with Crippen LogP contribution in [0.1, 0.15) is 24.5 Å². The third-order valence-electron chi connectivity index (χ3n) is 3.32. The van der Waals surface area contributed by atoms with E-state index in [1.807, 2.05) is 19.1 Å². The Morgan fingerprint density at radius 2 is 2.05 bits per heavy atom. The van der Waals surface area contributed by atoms with Crippen LogP contribution in [-0.4, -0.2) is 22.6 Å². The van der Waals surface area contributed by atoms with Crippen molar-refractivity contribution in [2.75, 3.05) is 0 Å². The first-order valence-electron chi connectivity index (χ1n) is 6.19. The van der Waals surface area contributed by atoms with Crippen LogP contribution in [0, 0.1) is 0 Å². The first-order valence-corrected chi connectivity index (χ1v) is 6.57. The minimum Gasteiger partial charge on any atom is -0.478 e. The Kier molecular flexibility index (Phi) is 3.86. The van der Waals surface area contributed by atoms with Crippen molar-refractivity contribution in [3.8, 4) is 0 Å². The van der Waals surface area contributed by atoms with Gasteiger partial charge in [0, 0.05) is 23.4 Å². The molecule has 0 bridgehead atoms. The van der Waals surface area contributed by atoms with Crippen LogP contribution in [0.3, 0.4) is 0 Å². The monoisotopic (exact) mass is 294 g/mol. The van der Waals surface area contributed by atoms with Crippen molar-refractivity contribution < 1.29 is 19.4 Å². The van der Waals surface area contributed by atoms with E-state index in [1.54, 1.807) is 6.07 Å². The fourth-order valence-electron chi connectivity index (χ4n) is 2.43. The SMILES string of the molecule is C=C(CC(=O)OC1(C)Cc2ccc(Cl)cc2C1)C(=O)O. The van der Waals surface area contributed by atoms with E-state index in [-0.39, 0.29) is 12.0 Å². The molecule has 1 aromatic carbocycles. The van der Waals surface area contributed by atoms with Crippen molar-refractivity contribution in [1.82, 2.24) is 0 Å². The van der Waals surface area contributed by atoms with Gasteiger partial charge in [0.1, 0.15) is 5.60 Å². The van der Waals surface area contributed by atoms with Crippen molar-refractivity contribution in [2.45, 2.75) is 31.8 Å². The van der Waals surface area contributed by atoms with Crippen LogP contribution in [0.5, 0.6) is 0 Å². The largest absolute Gasteiger partial charge is 0.478 e. The molecule has 1 atom stereocenters. The van der Waals surface area contributed by atoms with Gasteiger partial charge in [-0.1, -0.05) is 24.2 Å². The maximum atomic E-state index is 11.8. The highest BCUT2D eigenvalue weighted by Gasteiger charge is 2.36. The standard InChI is InChI=1S/C15H15ClO4/c1-9(14(18)19)5-13(17)20-15(2)7-10-3-4-12(16)6-11(10)8-15/h3-4,6H,1,5,7-8H2,2H3,(H,18,19). The van der Waals surface area contributed by atoms with Crippen molar-refractivity contribution in [2.24, 2.45) is 0 Å². The molecule has 1 unspecified atom stereocenters. The lowest BCUT2D eigenvalue weighted by Gasteiger charge is -2.24. The first kappa shape index (κ1) is 14.6. The van der Waals surface area contributed by atoms with Crippen LogP contribution >= 0.6 is 11.6 Å². The number of hydrogen-bond donors (Lipinski definition) is 1. The number of halogens is 1. The van der Waals surface area contributed by atoms with E-state index < -0.39 is 17.5 Å². The van der Waals surface area contributed by atoms with Gasteiger partial charge in [-0.25, -0.2) is 4.79 Å². The molecule has 0 saturated carbocycles. The van der Waals surface area contributed by atoms with Crippen LogP contribution in [-0.2, 0) is 27.2 Å². The zero-order chi connectivity index (χ0) is 14.9. The molecule has 0 amide bonds. The minimum atomic E-state index is -1.19. The van der Waals surface area contributed by atoms with Gasteiger partial charge in [-0.2, -0.15) is 0 Å². The molecule has 0 saturated heterocycles. The van der Waals surface area contributed by atoms with E-state index in [2.05, 4.69) is 6.58 Å². The predicted molar refractivity (Wildman–Crippen MR) is 74.7 cm³/mol. The number of ether oxygens (including phenoxy) is 1. The lowest BCUT2D eigenvalue weighted by Crippen LogP contribution is -2.32. The topological polar surface area (TPSA) is 63.6 Å². The average molecular weight is 295 g/mol. The number of aliphatic carboxylic acids is 1. The van der Waals surface area contributed by atoms with Crippen LogP contribution in [0.15, 0.2) is 30.4 Å². The van der Waals surface area contributed by atoms with Crippen molar-refractivity contribution in [1.29, 1.82) is 0 Å². The van der Waals surface area contributed by atoms with Gasteiger partial charge < -0.3 is 9.84 Å². The molecular formula is C15H15ClO4. The van der Waals surface area contributed by atoms with Crippen molar-refractivity contribution in [3.63, 3.8) is 0 Å². The Morgan fingerprint density at radius 1 is 1.40 bits per heavy atom. The van der Waals surface area contributed by atoms with E-state index in [0.29, 0.717) is 17.9 Å². The van der Waals surface area contributed by atoms with Crippen molar-refractivity contribution >= 4 is 23.5 Å². The summed E-state index contributed by atoms with van der Waals surface area (Å²) < 4.78 is 5.44. The Balaban J connectivity index is 2.03. The second kappa shape index (κ2) is 5.29. The van der Waals surface area contributed by atoms with Gasteiger partial charge in [0.2, 0.25) is 0 Å². The Morgan fingerprint density at radius 3 is 2.70 bits per heavy atom. The summed E-state index contributed by atoms with van der Waals surface area (Å²) >= 11 is 5.94. The van der Waals surface area contributed by atoms with Crippen LogP contribution in [0.4, 0.5) is 0 Å². The number of carbonyl (C=O) groups excluding carboxylic acids is 1. The fourth-order valence-corrected chi connectivity index (χ4v) is 2.63. The smallest absolute Gasteiger partial charge is 0.331 e. The molecule has 0 fully saturated rings. The minimum absolute atomic E-state index is 0.169. The Labute approximate surface area is 122 Å². The van der Waals surface area contributed by atoms with Gasteiger partial charge in [0.05, 0.1) is 6.42 Å². The number of rotatable bonds is 4. The van der Waals surface area contributed by atoms with E-state index in [1.165, 1.54) is 0 Å². The molecule has 0 aromatic heterocycles. The quantitative estimate of drug-likeness (QED) is 0.685. The summed E-state index contributed by atoms with van der Waals surface area (Å²) in [5, 5.41) is 9.36. The molecule has 1 aliphatic carbocycles. The highest BCUT2D eigenvalue weighted by atomic mass is 35.5. The van der Waals surface area contributed by atoms with Gasteiger partial charge in [0.15, 0.2) is 0 Å². The van der Waals surface area contributed by atoms with E-state index in [4.69, 9.17) is 21.4 Å². The number of fused-ring (bicyclic) bond motifs is 1. The van der Waals surface area contributed by atoms with Gasteiger partial charge in [-0.3, -0.25) is 4.79 Å². The maximum Gasteiger partial charge on any atom is 0.331 e.